The molecule has 12 nitrogen and oxygen atoms in total. The average molecular weight is 378 g/mol. The van der Waals surface area contributed by atoms with E-state index in [2.05, 4.69) is 41.0 Å². The van der Waals surface area contributed by atoms with Crippen LogP contribution in [0.2, 0.25) is 0 Å². The molecule has 4 aromatic rings. The molecule has 4 aromatic heterocycles. The van der Waals surface area contributed by atoms with Crippen LogP contribution in [-0.4, -0.2) is 63.6 Å². The third kappa shape index (κ3) is 3.72. The molecular formula is C16H14N10O2. The fourth-order valence-corrected chi connectivity index (χ4v) is 2.46. The third-order valence-corrected chi connectivity index (χ3v) is 4.12. The Bertz CT molecular complexity index is 925. The molecule has 0 bridgehead atoms. The first kappa shape index (κ1) is 16.5. The van der Waals surface area contributed by atoms with E-state index in [0.717, 1.165) is 24.3 Å². The molecule has 12 heteroatoms. The summed E-state index contributed by atoms with van der Waals surface area (Å²) in [7, 11) is 0. The Morgan fingerprint density at radius 2 is 1.18 bits per heavy atom. The van der Waals surface area contributed by atoms with E-state index in [1.807, 2.05) is 24.3 Å². The summed E-state index contributed by atoms with van der Waals surface area (Å²) in [5.41, 5.74) is 2.20. The van der Waals surface area contributed by atoms with Gasteiger partial charge in [-0.25, -0.2) is 9.97 Å². The number of pyridine rings is 2. The lowest BCUT2D eigenvalue weighted by Crippen LogP contribution is -1.98. The third-order valence-electron chi connectivity index (χ3n) is 4.12. The van der Waals surface area contributed by atoms with E-state index in [0.29, 0.717) is 11.6 Å². The highest BCUT2D eigenvalue weighted by atomic mass is 16.6. The molecule has 6 heterocycles. The Morgan fingerprint density at radius 1 is 0.714 bits per heavy atom. The highest BCUT2D eigenvalue weighted by Crippen LogP contribution is 2.29. The zero-order valence-corrected chi connectivity index (χ0v) is 14.5. The number of ether oxygens (including phenoxy) is 2. The molecular weight excluding hydrogens is 364 g/mol. The van der Waals surface area contributed by atoms with Gasteiger partial charge in [-0.2, -0.15) is 9.36 Å². The molecule has 0 unspecified atom stereocenters. The number of rotatable bonds is 4. The quantitative estimate of drug-likeness (QED) is 0.454. The summed E-state index contributed by atoms with van der Waals surface area (Å²) in [6.45, 7) is 1.60. The summed E-state index contributed by atoms with van der Waals surface area (Å²) in [6.07, 6.45) is 7.07. The molecule has 0 aromatic carbocycles. The van der Waals surface area contributed by atoms with Gasteiger partial charge in [0.05, 0.1) is 13.2 Å². The maximum atomic E-state index is 5.14. The maximum absolute atomic E-state index is 5.14. The average Bonchev–Trinajstić information content (AvgIpc) is 3.67. The van der Waals surface area contributed by atoms with Crippen LogP contribution in [0.15, 0.2) is 49.3 Å². The minimum Gasteiger partial charge on any atom is -0.368 e. The Kier molecular flexibility index (Phi) is 4.23. The molecule has 0 N–H and O–H groups in total. The molecule has 0 aliphatic carbocycles. The van der Waals surface area contributed by atoms with Crippen LogP contribution in [0.4, 0.5) is 0 Å². The molecule has 6 rings (SSSR count). The number of epoxide rings is 2. The van der Waals surface area contributed by atoms with Crippen LogP contribution in [0.1, 0.15) is 23.3 Å². The van der Waals surface area contributed by atoms with Crippen molar-refractivity contribution in [3.63, 3.8) is 0 Å². The molecule has 2 aliphatic rings. The van der Waals surface area contributed by atoms with Crippen molar-refractivity contribution in [3.05, 3.63) is 60.4 Å². The second-order valence-corrected chi connectivity index (χ2v) is 6.05. The molecule has 0 amide bonds. The highest BCUT2D eigenvalue weighted by Gasteiger charge is 2.25. The van der Waals surface area contributed by atoms with Gasteiger partial charge in [0.15, 0.2) is 11.6 Å². The van der Waals surface area contributed by atoms with E-state index in [-0.39, 0.29) is 12.2 Å². The van der Waals surface area contributed by atoms with Gasteiger partial charge < -0.3 is 9.47 Å². The van der Waals surface area contributed by atoms with Crippen molar-refractivity contribution in [2.45, 2.75) is 12.2 Å². The molecule has 140 valence electrons. The van der Waals surface area contributed by atoms with Gasteiger partial charge in [0.1, 0.15) is 24.9 Å². The van der Waals surface area contributed by atoms with E-state index in [1.165, 1.54) is 22.0 Å². The van der Waals surface area contributed by atoms with Gasteiger partial charge in [-0.3, -0.25) is 0 Å². The second-order valence-electron chi connectivity index (χ2n) is 6.05. The smallest absolute Gasteiger partial charge is 0.156 e. The second kappa shape index (κ2) is 7.17. The first-order chi connectivity index (χ1) is 13.9. The number of tetrazole rings is 2. The van der Waals surface area contributed by atoms with Crippen molar-refractivity contribution in [1.29, 1.82) is 0 Å². The lowest BCUT2D eigenvalue weighted by molar-refractivity contribution is 0.415. The maximum Gasteiger partial charge on any atom is 0.156 e. The number of aromatic nitrogens is 10. The van der Waals surface area contributed by atoms with Crippen LogP contribution in [0, 0.1) is 0 Å². The lowest BCUT2D eigenvalue weighted by Gasteiger charge is -1.98. The fourth-order valence-electron chi connectivity index (χ4n) is 2.46. The van der Waals surface area contributed by atoms with Crippen molar-refractivity contribution in [1.82, 2.24) is 50.4 Å². The van der Waals surface area contributed by atoms with Gasteiger partial charge >= 0.3 is 0 Å². The first-order valence-electron chi connectivity index (χ1n) is 8.48. The van der Waals surface area contributed by atoms with E-state index < -0.39 is 0 Å². The molecule has 0 radical (unpaired) electrons. The summed E-state index contributed by atoms with van der Waals surface area (Å²) in [5, 5.41) is 21.6. The Hall–Kier alpha value is -3.64. The summed E-state index contributed by atoms with van der Waals surface area (Å²) < 4.78 is 13.3. The zero-order valence-electron chi connectivity index (χ0n) is 14.5. The van der Waals surface area contributed by atoms with Gasteiger partial charge in [-0.15, -0.1) is 10.2 Å². The topological polar surface area (TPSA) is 138 Å². The molecule has 2 fully saturated rings. The number of nitrogens with zero attached hydrogens (tertiary/aromatic N) is 10. The minimum absolute atomic E-state index is 0.241. The van der Waals surface area contributed by atoms with Crippen LogP contribution in [0.25, 0.3) is 11.6 Å². The fraction of sp³-hybridized carbons (Fsp3) is 0.250. The van der Waals surface area contributed by atoms with Crippen LogP contribution in [0.5, 0.6) is 0 Å². The van der Waals surface area contributed by atoms with Crippen molar-refractivity contribution >= 4 is 0 Å². The van der Waals surface area contributed by atoms with E-state index in [9.17, 15) is 0 Å². The highest BCUT2D eigenvalue weighted by molar-refractivity contribution is 5.27. The van der Waals surface area contributed by atoms with Crippen molar-refractivity contribution in [3.8, 4) is 11.6 Å². The molecule has 2 saturated heterocycles. The SMILES string of the molecule is c1cc(-n2cnnn2)ncc1[C@@H]1CO1.c1cc(-n2cnnn2)ncc1[C@H]1CO1. The lowest BCUT2D eigenvalue weighted by atomic mass is 10.2. The predicted molar refractivity (Wildman–Crippen MR) is 91.3 cm³/mol. The summed E-state index contributed by atoms with van der Waals surface area (Å²) in [4.78, 5) is 8.45. The molecule has 28 heavy (non-hydrogen) atoms. The predicted octanol–water partition coefficient (Wildman–Crippen LogP) is 0.257. The molecule has 0 saturated carbocycles. The molecule has 0 spiro atoms. The summed E-state index contributed by atoms with van der Waals surface area (Å²) in [6, 6.07) is 7.68. The van der Waals surface area contributed by atoms with Crippen molar-refractivity contribution in [2.75, 3.05) is 13.2 Å². The normalized spacial score (nSPS) is 19.6. The standard InChI is InChI=1S/2C8H7N5O/c2*1-2-8(13-5-10-11-12-13)9-3-6(1)7-4-14-7/h2*1-3,5,7H,4H2/t2*7-/m10/s1. The van der Waals surface area contributed by atoms with Crippen LogP contribution in [0.3, 0.4) is 0 Å². The van der Waals surface area contributed by atoms with Crippen molar-refractivity contribution in [2.24, 2.45) is 0 Å². The first-order valence-corrected chi connectivity index (χ1v) is 8.48. The van der Waals surface area contributed by atoms with E-state index in [4.69, 9.17) is 9.47 Å². The number of hydrogen-bond acceptors (Lipinski definition) is 10. The molecule has 2 atom stereocenters. The van der Waals surface area contributed by atoms with Crippen LogP contribution < -0.4 is 0 Å². The Morgan fingerprint density at radius 3 is 1.46 bits per heavy atom. The number of hydrogen-bond donors (Lipinski definition) is 0. The minimum atomic E-state index is 0.241. The van der Waals surface area contributed by atoms with E-state index in [1.54, 1.807) is 12.4 Å². The van der Waals surface area contributed by atoms with Gasteiger partial charge in [-0.05, 0) is 33.0 Å². The van der Waals surface area contributed by atoms with Gasteiger partial charge in [0, 0.05) is 23.5 Å². The van der Waals surface area contributed by atoms with Gasteiger partial charge in [0.2, 0.25) is 0 Å². The van der Waals surface area contributed by atoms with Crippen LogP contribution in [-0.2, 0) is 9.47 Å². The van der Waals surface area contributed by atoms with E-state index >= 15 is 0 Å². The molecule has 2 aliphatic heterocycles. The Balaban J connectivity index is 0.000000122. The monoisotopic (exact) mass is 378 g/mol. The largest absolute Gasteiger partial charge is 0.368 e. The zero-order chi connectivity index (χ0) is 18.8. The summed E-state index contributed by atoms with van der Waals surface area (Å²) in [5.74, 6) is 1.42. The van der Waals surface area contributed by atoms with Crippen molar-refractivity contribution < 1.29 is 9.47 Å². The van der Waals surface area contributed by atoms with Gasteiger partial charge in [-0.1, -0.05) is 12.1 Å². The van der Waals surface area contributed by atoms with Crippen LogP contribution >= 0.6 is 0 Å². The van der Waals surface area contributed by atoms with Gasteiger partial charge in [0.25, 0.3) is 0 Å². The Labute approximate surface area is 158 Å². The summed E-state index contributed by atoms with van der Waals surface area (Å²) >= 11 is 0.